The molecule has 0 spiro atoms. The Balaban J connectivity index is 0.00000177. The van der Waals surface area contributed by atoms with Crippen LogP contribution in [0, 0.1) is 7.43 Å². The van der Waals surface area contributed by atoms with E-state index in [0.717, 1.165) is 40.7 Å². The SMILES string of the molecule is CCc1cccc(CC)c1CS(=O)(=O)[N-]C(c1ccccc1)C([NH-])c1ccccc1.[CH3-].[Cl][Ru+3]. The quantitative estimate of drug-likeness (QED) is 0.195. The van der Waals surface area contributed by atoms with Crippen molar-refractivity contribution in [3.63, 3.8) is 0 Å². The molecule has 0 bridgehead atoms. The summed E-state index contributed by atoms with van der Waals surface area (Å²) in [7, 11) is 0.774. The third-order valence-electron chi connectivity index (χ3n) is 5.35. The van der Waals surface area contributed by atoms with Crippen LogP contribution in [0.1, 0.15) is 53.7 Å². The van der Waals surface area contributed by atoms with Crippen molar-refractivity contribution in [3.8, 4) is 0 Å². The van der Waals surface area contributed by atoms with E-state index in [-0.39, 0.29) is 13.2 Å². The molecule has 0 aliphatic rings. The fourth-order valence-electron chi connectivity index (χ4n) is 3.74. The molecule has 0 saturated carbocycles. The third-order valence-corrected chi connectivity index (χ3v) is 6.55. The van der Waals surface area contributed by atoms with E-state index in [1.807, 2.05) is 110 Å². The van der Waals surface area contributed by atoms with Crippen LogP contribution in [0.15, 0.2) is 78.9 Å². The van der Waals surface area contributed by atoms with Crippen molar-refractivity contribution in [2.75, 3.05) is 0 Å². The Morgan fingerprint density at radius 3 is 1.73 bits per heavy atom. The summed E-state index contributed by atoms with van der Waals surface area (Å²) in [6, 6.07) is 22.9. The molecular formula is C26H31ClN2O2RuS. The molecule has 0 saturated heterocycles. The van der Waals surface area contributed by atoms with Gasteiger partial charge in [0.05, 0.1) is 15.8 Å². The predicted octanol–water partition coefficient (Wildman–Crippen LogP) is 7.69. The Morgan fingerprint density at radius 2 is 1.27 bits per heavy atom. The molecule has 0 amide bonds. The zero-order valence-electron chi connectivity index (χ0n) is 19.2. The second-order valence-electron chi connectivity index (χ2n) is 7.34. The van der Waals surface area contributed by atoms with Crippen LogP contribution in [0.25, 0.3) is 10.5 Å². The van der Waals surface area contributed by atoms with Crippen LogP contribution in [0.3, 0.4) is 0 Å². The summed E-state index contributed by atoms with van der Waals surface area (Å²) < 4.78 is 30.7. The average Bonchev–Trinajstić information content (AvgIpc) is 2.84. The number of halogens is 1. The molecule has 0 aromatic heterocycles. The number of nitrogens with zero attached hydrogens (tertiary/aromatic N) is 1. The van der Waals surface area contributed by atoms with Gasteiger partial charge in [0.2, 0.25) is 0 Å². The summed E-state index contributed by atoms with van der Waals surface area (Å²) in [4.78, 5) is 0. The molecule has 3 aromatic carbocycles. The van der Waals surface area contributed by atoms with Crippen LogP contribution in [0.2, 0.25) is 0 Å². The maximum absolute atomic E-state index is 13.2. The summed E-state index contributed by atoms with van der Waals surface area (Å²) in [5.41, 5.74) is 13.2. The molecule has 3 rings (SSSR count). The van der Waals surface area contributed by atoms with Gasteiger partial charge in [-0.25, -0.2) is 8.42 Å². The van der Waals surface area contributed by atoms with Gasteiger partial charge in [-0.3, -0.25) is 0 Å². The summed E-state index contributed by atoms with van der Waals surface area (Å²) in [5, 5.41) is 0. The van der Waals surface area contributed by atoms with E-state index < -0.39 is 22.1 Å². The standard InChI is InChI=1S/C25H28N2O2S.CH3.ClH.Ru/c1-3-19-16-11-17-20(4-2)23(19)18-30(28,29)27-25(22-14-9-6-10-15-22)24(26)21-12-7-5-8-13-21;;;/h5-17,24-26H,3-4,18H2,1-2H3;1H3;1H;/q-2;-1;;+4/p-1. The van der Waals surface area contributed by atoms with E-state index in [9.17, 15) is 8.42 Å². The fraction of sp³-hybridized carbons (Fsp3) is 0.269. The normalized spacial score (nSPS) is 12.6. The van der Waals surface area contributed by atoms with Crippen LogP contribution in [0.4, 0.5) is 0 Å². The number of aryl methyl sites for hydroxylation is 2. The minimum atomic E-state index is -3.80. The average molecular weight is 572 g/mol. The number of hydrogen-bond donors (Lipinski definition) is 0. The number of nitrogens with one attached hydrogen (secondary N) is 1. The summed E-state index contributed by atoms with van der Waals surface area (Å²) in [6.07, 6.45) is 1.54. The fourth-order valence-corrected chi connectivity index (χ4v) is 5.14. The van der Waals surface area contributed by atoms with E-state index in [1.54, 1.807) is 0 Å². The first-order valence-electron chi connectivity index (χ1n) is 10.4. The Labute approximate surface area is 213 Å². The molecule has 2 atom stereocenters. The monoisotopic (exact) mass is 572 g/mol. The van der Waals surface area contributed by atoms with Crippen LogP contribution < -0.4 is 0 Å². The Bertz CT molecular complexity index is 1040. The van der Waals surface area contributed by atoms with E-state index in [2.05, 4.69) is 14.4 Å². The van der Waals surface area contributed by atoms with Gasteiger partial charge in [0.1, 0.15) is 0 Å². The predicted molar refractivity (Wildman–Crippen MR) is 136 cm³/mol. The van der Waals surface area contributed by atoms with Gasteiger partial charge in [-0.1, -0.05) is 104 Å². The second kappa shape index (κ2) is 14.7. The van der Waals surface area contributed by atoms with Gasteiger partial charge in [0.15, 0.2) is 0 Å². The van der Waals surface area contributed by atoms with Crippen LogP contribution in [-0.4, -0.2) is 8.42 Å². The molecule has 0 heterocycles. The van der Waals surface area contributed by atoms with Gasteiger partial charge < -0.3 is 17.9 Å². The van der Waals surface area contributed by atoms with Crippen molar-refractivity contribution >= 4 is 19.7 Å². The molecule has 178 valence electrons. The number of benzene rings is 3. The molecule has 3 aromatic rings. The van der Waals surface area contributed by atoms with Crippen molar-refractivity contribution in [2.24, 2.45) is 0 Å². The van der Waals surface area contributed by atoms with Crippen LogP contribution in [-0.2, 0) is 45.9 Å². The van der Waals surface area contributed by atoms with Gasteiger partial charge in [0.25, 0.3) is 0 Å². The van der Waals surface area contributed by atoms with E-state index in [0.29, 0.717) is 0 Å². The van der Waals surface area contributed by atoms with Gasteiger partial charge in [-0.2, -0.15) is 0 Å². The Morgan fingerprint density at radius 1 is 0.818 bits per heavy atom. The molecule has 1 N–H and O–H groups in total. The molecule has 2 unspecified atom stereocenters. The molecule has 7 heteroatoms. The molecule has 0 fully saturated rings. The zero-order chi connectivity index (χ0) is 23.6. The van der Waals surface area contributed by atoms with Gasteiger partial charge in [-0.15, -0.1) is 12.1 Å². The molecule has 0 radical (unpaired) electrons. The summed E-state index contributed by atoms with van der Waals surface area (Å²) in [6.45, 7) is 4.06. The van der Waals surface area contributed by atoms with Crippen LogP contribution >= 0.6 is 9.69 Å². The molecule has 0 aliphatic carbocycles. The first-order chi connectivity index (χ1) is 15.4. The summed E-state index contributed by atoms with van der Waals surface area (Å²) in [5.74, 6) is -0.134. The number of sulfonamides is 1. The van der Waals surface area contributed by atoms with E-state index >= 15 is 0 Å². The van der Waals surface area contributed by atoms with Crippen LogP contribution in [0.5, 0.6) is 0 Å². The van der Waals surface area contributed by atoms with Crippen molar-refractivity contribution < 1.29 is 25.7 Å². The zero-order valence-corrected chi connectivity index (χ0v) is 22.5. The molecule has 4 nitrogen and oxygen atoms in total. The number of hydrogen-bond acceptors (Lipinski definition) is 2. The van der Waals surface area contributed by atoms with E-state index in [4.69, 9.17) is 5.73 Å². The maximum atomic E-state index is 13.2. The molecule has 33 heavy (non-hydrogen) atoms. The summed E-state index contributed by atoms with van der Waals surface area (Å²) >= 11 is 1.82. The Hall–Kier alpha value is -1.56. The Kier molecular flexibility index (Phi) is 13.1. The van der Waals surface area contributed by atoms with Gasteiger partial charge in [-0.05, 0) is 29.5 Å². The van der Waals surface area contributed by atoms with Gasteiger partial charge >= 0.3 is 27.0 Å². The topological polar surface area (TPSA) is 72.0 Å². The van der Waals surface area contributed by atoms with E-state index in [1.165, 1.54) is 0 Å². The number of rotatable bonds is 9. The van der Waals surface area contributed by atoms with Gasteiger partial charge in [0, 0.05) is 0 Å². The molecule has 0 aliphatic heterocycles. The van der Waals surface area contributed by atoms with Crippen molar-refractivity contribution in [2.45, 2.75) is 44.5 Å². The second-order valence-corrected chi connectivity index (χ2v) is 9.00. The first kappa shape index (κ1) is 29.5. The minimum absolute atomic E-state index is 0. The van der Waals surface area contributed by atoms with Crippen molar-refractivity contribution in [1.29, 1.82) is 0 Å². The first-order valence-corrected chi connectivity index (χ1v) is 14.3. The third kappa shape index (κ3) is 8.31. The van der Waals surface area contributed by atoms with Crippen molar-refractivity contribution in [1.82, 2.24) is 0 Å². The molecular weight excluding hydrogens is 541 g/mol. The van der Waals surface area contributed by atoms with Crippen molar-refractivity contribution in [3.05, 3.63) is 125 Å².